The topological polar surface area (TPSA) is 54.5 Å². The first-order valence-electron chi connectivity index (χ1n) is 7.54. The summed E-state index contributed by atoms with van der Waals surface area (Å²) in [5.41, 5.74) is 1.71. The zero-order valence-corrected chi connectivity index (χ0v) is 16.1. The number of carbonyl (C=O) groups is 1. The monoisotopic (exact) mass is 323 g/mol. The summed E-state index contributed by atoms with van der Waals surface area (Å²) >= 11 is 0. The Bertz CT molecular complexity index is 537. The van der Waals surface area contributed by atoms with Crippen molar-refractivity contribution in [3.8, 4) is 5.88 Å². The first kappa shape index (κ1) is 18.5. The summed E-state index contributed by atoms with van der Waals surface area (Å²) in [6.45, 7) is 10.9. The minimum Gasteiger partial charge on any atom is -0.530 e. The molecule has 0 atom stereocenters. The molecule has 0 saturated carbocycles. The molecule has 0 aliphatic carbocycles. The van der Waals surface area contributed by atoms with Crippen molar-refractivity contribution in [2.45, 2.75) is 45.3 Å². The molecule has 0 radical (unpaired) electrons. The molecular weight excluding hydrogens is 294 g/mol. The fraction of sp³-hybridized carbons (Fsp3) is 0.625. The zero-order chi connectivity index (χ0) is 17.1. The molecule has 1 amide bonds. The van der Waals surface area contributed by atoms with Crippen LogP contribution < -0.4 is 9.74 Å². The predicted molar refractivity (Wildman–Crippen MR) is 94.0 cm³/mol. The standard InChI is InChI=1S/C16H29N3O2Si/c1-16(2,3)22(7,8)21-15-12(10-14(20)19(5)6)9-13(17-4)11-18-15/h9,11,17H,10H2,1-8H3. The van der Waals surface area contributed by atoms with Crippen LogP contribution in [0.1, 0.15) is 26.3 Å². The van der Waals surface area contributed by atoms with Crippen LogP contribution in [0.15, 0.2) is 12.3 Å². The van der Waals surface area contributed by atoms with Gasteiger partial charge in [0.2, 0.25) is 11.8 Å². The van der Waals surface area contributed by atoms with Crippen LogP contribution in [0.5, 0.6) is 5.88 Å². The first-order chi connectivity index (χ1) is 9.98. The number of pyridine rings is 1. The lowest BCUT2D eigenvalue weighted by Gasteiger charge is -2.36. The van der Waals surface area contributed by atoms with Crippen LogP contribution in [0.2, 0.25) is 18.1 Å². The minimum absolute atomic E-state index is 0.0372. The van der Waals surface area contributed by atoms with E-state index in [9.17, 15) is 4.79 Å². The number of nitrogens with one attached hydrogen (secondary N) is 1. The fourth-order valence-corrected chi connectivity index (χ4v) is 2.54. The molecule has 1 rings (SSSR count). The van der Waals surface area contributed by atoms with Crippen LogP contribution in [-0.4, -0.2) is 45.3 Å². The number of hydrogen-bond acceptors (Lipinski definition) is 4. The van der Waals surface area contributed by atoms with Crippen molar-refractivity contribution in [1.82, 2.24) is 9.88 Å². The lowest BCUT2D eigenvalue weighted by atomic mass is 10.1. The smallest absolute Gasteiger partial charge is 0.252 e. The number of aromatic nitrogens is 1. The molecule has 6 heteroatoms. The summed E-state index contributed by atoms with van der Waals surface area (Å²) < 4.78 is 6.31. The van der Waals surface area contributed by atoms with Crippen LogP contribution in [0, 0.1) is 0 Å². The van der Waals surface area contributed by atoms with Gasteiger partial charge in [-0.1, -0.05) is 20.8 Å². The second-order valence-corrected chi connectivity index (χ2v) is 12.0. The maximum Gasteiger partial charge on any atom is 0.252 e. The van der Waals surface area contributed by atoms with E-state index in [0.717, 1.165) is 11.3 Å². The van der Waals surface area contributed by atoms with Gasteiger partial charge in [0.25, 0.3) is 8.32 Å². The number of carbonyl (C=O) groups excluding carboxylic acids is 1. The molecule has 0 bridgehead atoms. The van der Waals surface area contributed by atoms with Crippen molar-refractivity contribution >= 4 is 19.9 Å². The Balaban J connectivity index is 3.16. The van der Waals surface area contributed by atoms with Gasteiger partial charge in [-0.25, -0.2) is 4.98 Å². The van der Waals surface area contributed by atoms with Crippen LogP contribution >= 0.6 is 0 Å². The number of nitrogens with zero attached hydrogens (tertiary/aromatic N) is 2. The van der Waals surface area contributed by atoms with Crippen LogP contribution in [-0.2, 0) is 11.2 Å². The molecule has 0 spiro atoms. The van der Waals surface area contributed by atoms with E-state index in [4.69, 9.17) is 4.43 Å². The Morgan fingerprint density at radius 2 is 1.95 bits per heavy atom. The van der Waals surface area contributed by atoms with Gasteiger partial charge in [0, 0.05) is 26.7 Å². The van der Waals surface area contributed by atoms with Gasteiger partial charge in [-0.15, -0.1) is 0 Å². The SMILES string of the molecule is CNc1cnc(O[Si](C)(C)C(C)(C)C)c(CC(=O)N(C)C)c1. The van der Waals surface area contributed by atoms with E-state index in [1.165, 1.54) is 0 Å². The van der Waals surface area contributed by atoms with E-state index in [1.807, 2.05) is 13.1 Å². The van der Waals surface area contributed by atoms with E-state index in [2.05, 4.69) is 44.2 Å². The first-order valence-corrected chi connectivity index (χ1v) is 10.4. The summed E-state index contributed by atoms with van der Waals surface area (Å²) in [5.74, 6) is 0.621. The highest BCUT2D eigenvalue weighted by molar-refractivity contribution is 6.74. The highest BCUT2D eigenvalue weighted by atomic mass is 28.4. The van der Waals surface area contributed by atoms with Gasteiger partial charge >= 0.3 is 0 Å². The second kappa shape index (κ2) is 6.69. The molecule has 0 aromatic carbocycles. The van der Waals surface area contributed by atoms with Gasteiger partial charge in [0.05, 0.1) is 18.3 Å². The number of likely N-dealkylation sites (N-methyl/N-ethyl adjacent to an activating group) is 1. The van der Waals surface area contributed by atoms with Crippen molar-refractivity contribution in [2.24, 2.45) is 0 Å². The van der Waals surface area contributed by atoms with Gasteiger partial charge in [0.1, 0.15) is 0 Å². The van der Waals surface area contributed by atoms with E-state index < -0.39 is 8.32 Å². The molecule has 1 aromatic rings. The third-order valence-electron chi connectivity index (χ3n) is 4.21. The van der Waals surface area contributed by atoms with Crippen LogP contribution in [0.25, 0.3) is 0 Å². The summed E-state index contributed by atoms with van der Waals surface area (Å²) in [6, 6.07) is 1.94. The van der Waals surface area contributed by atoms with Crippen molar-refractivity contribution in [2.75, 3.05) is 26.5 Å². The van der Waals surface area contributed by atoms with Gasteiger partial charge in [-0.3, -0.25) is 4.79 Å². The lowest BCUT2D eigenvalue weighted by Crippen LogP contribution is -2.44. The van der Waals surface area contributed by atoms with E-state index in [-0.39, 0.29) is 10.9 Å². The minimum atomic E-state index is -1.99. The Morgan fingerprint density at radius 1 is 1.36 bits per heavy atom. The Labute approximate surface area is 135 Å². The molecule has 22 heavy (non-hydrogen) atoms. The second-order valence-electron chi connectivity index (χ2n) is 7.27. The molecule has 5 nitrogen and oxygen atoms in total. The van der Waals surface area contributed by atoms with Crippen molar-refractivity contribution in [3.05, 3.63) is 17.8 Å². The Kier molecular flexibility index (Phi) is 5.62. The van der Waals surface area contributed by atoms with E-state index in [0.29, 0.717) is 12.3 Å². The molecule has 1 heterocycles. The van der Waals surface area contributed by atoms with Crippen molar-refractivity contribution in [1.29, 1.82) is 0 Å². The molecule has 0 saturated heterocycles. The summed E-state index contributed by atoms with van der Waals surface area (Å²) in [6.07, 6.45) is 2.03. The number of anilines is 1. The van der Waals surface area contributed by atoms with Crippen LogP contribution in [0.4, 0.5) is 5.69 Å². The zero-order valence-electron chi connectivity index (χ0n) is 15.1. The van der Waals surface area contributed by atoms with Crippen LogP contribution in [0.3, 0.4) is 0 Å². The quantitative estimate of drug-likeness (QED) is 0.846. The molecule has 0 unspecified atom stereocenters. The summed E-state index contributed by atoms with van der Waals surface area (Å²) in [5, 5.41) is 3.14. The highest BCUT2D eigenvalue weighted by Crippen LogP contribution is 2.38. The summed E-state index contributed by atoms with van der Waals surface area (Å²) in [7, 11) is 3.36. The molecule has 124 valence electrons. The molecular formula is C16H29N3O2Si. The predicted octanol–water partition coefficient (Wildman–Crippen LogP) is 3.14. The molecule has 0 aliphatic rings. The number of rotatable bonds is 5. The fourth-order valence-electron chi connectivity index (χ4n) is 1.57. The molecule has 1 aromatic heterocycles. The average molecular weight is 324 g/mol. The Morgan fingerprint density at radius 3 is 2.41 bits per heavy atom. The maximum atomic E-state index is 12.1. The summed E-state index contributed by atoms with van der Waals surface area (Å²) in [4.78, 5) is 18.1. The van der Waals surface area contributed by atoms with Gasteiger partial charge in [-0.2, -0.15) is 0 Å². The lowest BCUT2D eigenvalue weighted by molar-refractivity contribution is -0.127. The van der Waals surface area contributed by atoms with Gasteiger partial charge < -0.3 is 14.6 Å². The third kappa shape index (κ3) is 4.46. The van der Waals surface area contributed by atoms with Crippen molar-refractivity contribution in [3.63, 3.8) is 0 Å². The van der Waals surface area contributed by atoms with Crippen molar-refractivity contribution < 1.29 is 9.22 Å². The number of amides is 1. The van der Waals surface area contributed by atoms with Gasteiger partial charge in [-0.05, 0) is 24.2 Å². The van der Waals surface area contributed by atoms with E-state index >= 15 is 0 Å². The van der Waals surface area contributed by atoms with E-state index in [1.54, 1.807) is 25.2 Å². The normalized spacial score (nSPS) is 12.0. The maximum absolute atomic E-state index is 12.1. The average Bonchev–Trinajstić information content (AvgIpc) is 2.38. The molecule has 0 aliphatic heterocycles. The Hall–Kier alpha value is -1.56. The molecule has 0 fully saturated rings. The molecule has 1 N–H and O–H groups in total. The van der Waals surface area contributed by atoms with Gasteiger partial charge in [0.15, 0.2) is 0 Å². The number of hydrogen-bond donors (Lipinski definition) is 1. The third-order valence-corrected chi connectivity index (χ3v) is 8.53. The highest BCUT2D eigenvalue weighted by Gasteiger charge is 2.39. The largest absolute Gasteiger partial charge is 0.530 e.